The molecule has 8 heteroatoms. The number of methoxy groups -OCH3 is 4. The Kier molecular flexibility index (Phi) is 7.28. The maximum absolute atomic E-state index is 10.5. The van der Waals surface area contributed by atoms with Crippen molar-refractivity contribution in [2.75, 3.05) is 28.4 Å². The molecule has 6 aromatic carbocycles. The van der Waals surface area contributed by atoms with E-state index in [1.807, 2.05) is 109 Å². The molecule has 0 radical (unpaired) electrons. The average Bonchev–Trinajstić information content (AvgIpc) is 3.68. The standard InChI is InChI=1S/C42H30N4O4/c1-44-38-19-27(46-41-16-10-30(49-4)22-36(41)37-23-31(50-5)11-17-42(37)46)7-13-33(38)32-12-6-26(18-25(32)24-43)45-39-14-8-28(47-2)20-34(39)35-21-29(48-3)9-15-40(35)45/h6-23H,2-5H3. The van der Waals surface area contributed by atoms with Crippen molar-refractivity contribution in [3.63, 3.8) is 0 Å². The van der Waals surface area contributed by atoms with Gasteiger partial charge in [0.15, 0.2) is 5.69 Å². The summed E-state index contributed by atoms with van der Waals surface area (Å²) in [6.45, 7) is 8.19. The van der Waals surface area contributed by atoms with E-state index >= 15 is 0 Å². The smallest absolute Gasteiger partial charge is 0.197 e. The molecule has 50 heavy (non-hydrogen) atoms. The van der Waals surface area contributed by atoms with E-state index in [2.05, 4.69) is 20.0 Å². The van der Waals surface area contributed by atoms with Crippen molar-refractivity contribution in [1.29, 1.82) is 5.26 Å². The Labute approximate surface area is 288 Å². The summed E-state index contributed by atoms with van der Waals surface area (Å²) >= 11 is 0. The van der Waals surface area contributed by atoms with Crippen molar-refractivity contribution in [2.45, 2.75) is 0 Å². The van der Waals surface area contributed by atoms with E-state index in [-0.39, 0.29) is 0 Å². The fourth-order valence-electron chi connectivity index (χ4n) is 7.01. The topological polar surface area (TPSA) is 74.9 Å². The Hall–Kier alpha value is -6.90. The molecule has 0 aliphatic carbocycles. The molecule has 0 amide bonds. The molecule has 0 bridgehead atoms. The lowest BCUT2D eigenvalue weighted by Crippen LogP contribution is -1.97. The van der Waals surface area contributed by atoms with Gasteiger partial charge < -0.3 is 28.1 Å². The van der Waals surface area contributed by atoms with Crippen molar-refractivity contribution in [1.82, 2.24) is 9.13 Å². The molecule has 2 heterocycles. The first kappa shape index (κ1) is 30.4. The second kappa shape index (κ2) is 12.0. The Morgan fingerprint density at radius 3 is 1.24 bits per heavy atom. The molecule has 0 aliphatic heterocycles. The number of nitriles is 1. The zero-order chi connectivity index (χ0) is 34.5. The van der Waals surface area contributed by atoms with E-state index in [0.29, 0.717) is 22.4 Å². The minimum atomic E-state index is 0.444. The Morgan fingerprint density at radius 2 is 0.880 bits per heavy atom. The molecule has 8 aromatic rings. The third kappa shape index (κ3) is 4.66. The van der Waals surface area contributed by atoms with Gasteiger partial charge in [0.25, 0.3) is 0 Å². The fraction of sp³-hybridized carbons (Fsp3) is 0.0952. The zero-order valence-corrected chi connectivity index (χ0v) is 27.8. The molecule has 0 N–H and O–H groups in total. The van der Waals surface area contributed by atoms with Crippen molar-refractivity contribution in [3.8, 4) is 51.6 Å². The fourth-order valence-corrected chi connectivity index (χ4v) is 7.01. The number of hydrogen-bond donors (Lipinski definition) is 0. The minimum Gasteiger partial charge on any atom is -0.497 e. The molecule has 0 aliphatic rings. The molecule has 8 rings (SSSR count). The van der Waals surface area contributed by atoms with Crippen LogP contribution in [0.25, 0.3) is 71.0 Å². The highest BCUT2D eigenvalue weighted by Gasteiger charge is 2.19. The van der Waals surface area contributed by atoms with Crippen molar-refractivity contribution < 1.29 is 18.9 Å². The first-order chi connectivity index (χ1) is 24.5. The third-order valence-corrected chi connectivity index (χ3v) is 9.39. The summed E-state index contributed by atoms with van der Waals surface area (Å²) in [4.78, 5) is 3.95. The van der Waals surface area contributed by atoms with Crippen LogP contribution in [-0.4, -0.2) is 37.6 Å². The van der Waals surface area contributed by atoms with Gasteiger partial charge in [-0.3, -0.25) is 0 Å². The first-order valence-electron chi connectivity index (χ1n) is 15.9. The Balaban J connectivity index is 1.28. The van der Waals surface area contributed by atoms with Crippen molar-refractivity contribution in [3.05, 3.63) is 126 Å². The number of rotatable bonds is 7. The van der Waals surface area contributed by atoms with Gasteiger partial charge in [-0.1, -0.05) is 12.1 Å². The number of hydrogen-bond acceptors (Lipinski definition) is 5. The lowest BCUT2D eigenvalue weighted by Gasteiger charge is -2.14. The van der Waals surface area contributed by atoms with E-state index in [9.17, 15) is 5.26 Å². The molecule has 0 saturated carbocycles. The Bertz CT molecular complexity index is 2430. The predicted molar refractivity (Wildman–Crippen MR) is 198 cm³/mol. The summed E-state index contributed by atoms with van der Waals surface area (Å²) in [5.41, 5.74) is 7.84. The molecule has 0 saturated heterocycles. The van der Waals surface area contributed by atoms with Gasteiger partial charge in [-0.05, 0) is 108 Å². The van der Waals surface area contributed by atoms with Gasteiger partial charge in [0.05, 0.1) is 68.7 Å². The van der Waals surface area contributed by atoms with Crippen molar-refractivity contribution in [2.24, 2.45) is 0 Å². The van der Waals surface area contributed by atoms with Gasteiger partial charge in [0.1, 0.15) is 23.0 Å². The van der Waals surface area contributed by atoms with Crippen LogP contribution in [0, 0.1) is 17.9 Å². The number of fused-ring (bicyclic) bond motifs is 6. The van der Waals surface area contributed by atoms with Gasteiger partial charge in [0, 0.05) is 32.9 Å². The lowest BCUT2D eigenvalue weighted by atomic mass is 9.97. The van der Waals surface area contributed by atoms with E-state index in [4.69, 9.17) is 25.5 Å². The van der Waals surface area contributed by atoms with Crippen molar-refractivity contribution >= 4 is 49.3 Å². The number of nitrogens with zero attached hydrogens (tertiary/aromatic N) is 4. The number of aromatic nitrogens is 2. The lowest BCUT2D eigenvalue weighted by molar-refractivity contribution is 0.415. The predicted octanol–water partition coefficient (Wildman–Crippen LogP) is 10.0. The summed E-state index contributed by atoms with van der Waals surface area (Å²) in [5.74, 6) is 3.01. The second-order valence-corrected chi connectivity index (χ2v) is 11.9. The van der Waals surface area contributed by atoms with Gasteiger partial charge >= 0.3 is 0 Å². The quantitative estimate of drug-likeness (QED) is 0.160. The van der Waals surface area contributed by atoms with Crippen LogP contribution in [0.3, 0.4) is 0 Å². The first-order valence-corrected chi connectivity index (χ1v) is 15.9. The maximum Gasteiger partial charge on any atom is 0.197 e. The highest BCUT2D eigenvalue weighted by atomic mass is 16.5. The van der Waals surface area contributed by atoms with E-state index in [1.54, 1.807) is 28.4 Å². The van der Waals surface area contributed by atoms with Crippen LogP contribution in [0.1, 0.15) is 5.56 Å². The monoisotopic (exact) mass is 654 g/mol. The van der Waals surface area contributed by atoms with Crippen LogP contribution in [0.4, 0.5) is 5.69 Å². The summed E-state index contributed by atoms with van der Waals surface area (Å²) < 4.78 is 26.4. The molecule has 0 fully saturated rings. The van der Waals surface area contributed by atoms with Gasteiger partial charge in [-0.2, -0.15) is 5.26 Å². The van der Waals surface area contributed by atoms with Crippen LogP contribution >= 0.6 is 0 Å². The highest BCUT2D eigenvalue weighted by molar-refractivity contribution is 6.11. The zero-order valence-electron chi connectivity index (χ0n) is 27.8. The molecule has 0 spiro atoms. The third-order valence-electron chi connectivity index (χ3n) is 9.39. The minimum absolute atomic E-state index is 0.444. The van der Waals surface area contributed by atoms with E-state index in [1.165, 1.54) is 0 Å². The SMILES string of the molecule is [C-]#[N+]c1cc(-n2c3ccc(OC)cc3c3cc(OC)ccc32)ccc1-c1ccc(-n2c3ccc(OC)cc3c3cc(OC)ccc32)cc1C#N. The van der Waals surface area contributed by atoms with Crippen LogP contribution in [0.5, 0.6) is 23.0 Å². The summed E-state index contributed by atoms with van der Waals surface area (Å²) in [6, 6.07) is 37.9. The van der Waals surface area contributed by atoms with Crippen LogP contribution in [0.15, 0.2) is 109 Å². The molecule has 0 unspecified atom stereocenters. The summed E-state index contributed by atoms with van der Waals surface area (Å²) in [5, 5.41) is 14.5. The average molecular weight is 655 g/mol. The van der Waals surface area contributed by atoms with E-state index < -0.39 is 0 Å². The number of ether oxygens (including phenoxy) is 4. The van der Waals surface area contributed by atoms with E-state index in [0.717, 1.165) is 78.0 Å². The van der Waals surface area contributed by atoms with Crippen LogP contribution < -0.4 is 18.9 Å². The highest BCUT2D eigenvalue weighted by Crippen LogP contribution is 2.41. The van der Waals surface area contributed by atoms with Gasteiger partial charge in [-0.25, -0.2) is 4.85 Å². The molecular formula is C42H30N4O4. The normalized spacial score (nSPS) is 11.2. The second-order valence-electron chi connectivity index (χ2n) is 11.9. The Morgan fingerprint density at radius 1 is 0.500 bits per heavy atom. The van der Waals surface area contributed by atoms with Crippen LogP contribution in [-0.2, 0) is 0 Å². The molecule has 2 aromatic heterocycles. The van der Waals surface area contributed by atoms with Gasteiger partial charge in [-0.15, -0.1) is 0 Å². The van der Waals surface area contributed by atoms with Gasteiger partial charge in [0.2, 0.25) is 0 Å². The largest absolute Gasteiger partial charge is 0.497 e. The number of benzene rings is 6. The maximum atomic E-state index is 10.5. The summed E-state index contributed by atoms with van der Waals surface area (Å²) in [7, 11) is 6.62. The van der Waals surface area contributed by atoms with Crippen LogP contribution in [0.2, 0.25) is 0 Å². The molecule has 0 atom stereocenters. The molecule has 242 valence electrons. The molecule has 8 nitrogen and oxygen atoms in total. The summed E-state index contributed by atoms with van der Waals surface area (Å²) in [6.07, 6.45) is 0. The molecular weight excluding hydrogens is 624 g/mol.